The van der Waals surface area contributed by atoms with E-state index < -0.39 is 0 Å². The van der Waals surface area contributed by atoms with Crippen LogP contribution in [0, 0.1) is 0 Å². The molecule has 3 aliphatic rings. The minimum atomic E-state index is -0.361. The predicted octanol–water partition coefficient (Wildman–Crippen LogP) is 1.70. The molecule has 4 heteroatoms. The van der Waals surface area contributed by atoms with Crippen LogP contribution >= 0.6 is 11.8 Å². The zero-order chi connectivity index (χ0) is 11.2. The highest BCUT2D eigenvalue weighted by molar-refractivity contribution is 8.04. The second kappa shape index (κ2) is 3.22. The Morgan fingerprint density at radius 2 is 2.38 bits per heavy atom. The van der Waals surface area contributed by atoms with Gasteiger partial charge in [-0.25, -0.2) is 0 Å². The molecular formula is C12H10N2OS. The van der Waals surface area contributed by atoms with Crippen LogP contribution in [0.2, 0.25) is 0 Å². The van der Waals surface area contributed by atoms with E-state index in [1.165, 1.54) is 0 Å². The molecule has 3 rings (SSSR count). The zero-order valence-electron chi connectivity index (χ0n) is 8.51. The standard InChI is InChI=1S/C12H10N2OS/c13-11(15)8-7-16-12-5-2-1-3-10(12)14-6-4-9(8)12/h1-4,6-7H,5H2,(H2,13,15). The molecule has 1 aliphatic carbocycles. The maximum atomic E-state index is 11.3. The van der Waals surface area contributed by atoms with Crippen molar-refractivity contribution in [2.45, 2.75) is 11.2 Å². The van der Waals surface area contributed by atoms with Crippen molar-refractivity contribution < 1.29 is 4.79 Å². The number of nitrogens with zero attached hydrogens (tertiary/aromatic N) is 1. The van der Waals surface area contributed by atoms with Gasteiger partial charge in [-0.1, -0.05) is 12.2 Å². The molecule has 0 aromatic carbocycles. The van der Waals surface area contributed by atoms with Gasteiger partial charge in [-0.3, -0.25) is 9.79 Å². The number of carbonyl (C=O) groups excluding carboxylic acids is 1. The summed E-state index contributed by atoms with van der Waals surface area (Å²) in [6, 6.07) is 0. The van der Waals surface area contributed by atoms with Crippen LogP contribution in [-0.4, -0.2) is 16.9 Å². The third kappa shape index (κ3) is 1.10. The van der Waals surface area contributed by atoms with E-state index in [2.05, 4.69) is 11.1 Å². The molecule has 0 saturated heterocycles. The van der Waals surface area contributed by atoms with Gasteiger partial charge >= 0.3 is 0 Å². The van der Waals surface area contributed by atoms with Gasteiger partial charge in [-0.05, 0) is 29.6 Å². The van der Waals surface area contributed by atoms with E-state index in [0.29, 0.717) is 5.57 Å². The van der Waals surface area contributed by atoms with E-state index in [4.69, 9.17) is 5.73 Å². The van der Waals surface area contributed by atoms with Crippen molar-refractivity contribution in [3.63, 3.8) is 0 Å². The van der Waals surface area contributed by atoms with Crippen LogP contribution in [0.3, 0.4) is 0 Å². The van der Waals surface area contributed by atoms with Gasteiger partial charge in [0.25, 0.3) is 0 Å². The Balaban J connectivity index is 2.14. The highest BCUT2D eigenvalue weighted by Crippen LogP contribution is 2.54. The van der Waals surface area contributed by atoms with Crippen molar-refractivity contribution in [3.8, 4) is 0 Å². The van der Waals surface area contributed by atoms with Crippen LogP contribution in [0.15, 0.2) is 51.5 Å². The third-order valence-corrected chi connectivity index (χ3v) is 4.38. The van der Waals surface area contributed by atoms with E-state index in [0.717, 1.165) is 17.7 Å². The van der Waals surface area contributed by atoms with E-state index in [1.54, 1.807) is 18.0 Å². The summed E-state index contributed by atoms with van der Waals surface area (Å²) >= 11 is 1.63. The molecule has 16 heavy (non-hydrogen) atoms. The van der Waals surface area contributed by atoms with Crippen molar-refractivity contribution in [2.24, 2.45) is 10.7 Å². The minimum absolute atomic E-state index is 0.201. The first-order valence-corrected chi connectivity index (χ1v) is 5.92. The molecule has 0 saturated carbocycles. The van der Waals surface area contributed by atoms with Crippen molar-refractivity contribution in [1.29, 1.82) is 0 Å². The summed E-state index contributed by atoms with van der Waals surface area (Å²) < 4.78 is -0.201. The molecule has 0 bridgehead atoms. The highest BCUT2D eigenvalue weighted by atomic mass is 32.2. The average Bonchev–Trinajstić information content (AvgIpc) is 2.66. The fraction of sp³-hybridized carbons (Fsp3) is 0.167. The Bertz CT molecular complexity index is 525. The molecule has 1 amide bonds. The zero-order valence-corrected chi connectivity index (χ0v) is 9.33. The lowest BCUT2D eigenvalue weighted by Gasteiger charge is -2.33. The van der Waals surface area contributed by atoms with Crippen LogP contribution < -0.4 is 5.73 Å². The molecule has 2 heterocycles. The van der Waals surface area contributed by atoms with Crippen molar-refractivity contribution in [1.82, 2.24) is 0 Å². The number of nitrogens with two attached hydrogens (primary N) is 1. The Morgan fingerprint density at radius 3 is 3.19 bits per heavy atom. The highest BCUT2D eigenvalue weighted by Gasteiger charge is 2.46. The SMILES string of the molecule is NC(=O)C1=CSC23CC=CC=C2N=CC=C13. The molecule has 0 aromatic heterocycles. The van der Waals surface area contributed by atoms with E-state index in [9.17, 15) is 4.79 Å². The summed E-state index contributed by atoms with van der Waals surface area (Å²) in [5, 5.41) is 1.86. The van der Waals surface area contributed by atoms with Crippen molar-refractivity contribution >= 4 is 23.9 Å². The van der Waals surface area contributed by atoms with Crippen LogP contribution in [0.4, 0.5) is 0 Å². The summed E-state index contributed by atoms with van der Waals surface area (Å²) in [5.41, 5.74) is 8.00. The summed E-state index contributed by atoms with van der Waals surface area (Å²) in [7, 11) is 0. The van der Waals surface area contributed by atoms with Gasteiger partial charge in [0.2, 0.25) is 5.91 Å². The molecule has 0 fully saturated rings. The van der Waals surface area contributed by atoms with Crippen LogP contribution in [0.25, 0.3) is 0 Å². The number of dihydropyridines is 1. The largest absolute Gasteiger partial charge is 0.366 e. The maximum Gasteiger partial charge on any atom is 0.249 e. The number of amides is 1. The molecule has 2 aliphatic heterocycles. The quantitative estimate of drug-likeness (QED) is 0.745. The van der Waals surface area contributed by atoms with Gasteiger partial charge in [-0.2, -0.15) is 0 Å². The molecule has 3 nitrogen and oxygen atoms in total. The normalized spacial score (nSPS) is 30.1. The Morgan fingerprint density at radius 1 is 1.50 bits per heavy atom. The van der Waals surface area contributed by atoms with Crippen LogP contribution in [0.5, 0.6) is 0 Å². The lowest BCUT2D eigenvalue weighted by Crippen LogP contribution is -2.32. The molecule has 80 valence electrons. The topological polar surface area (TPSA) is 55.5 Å². The predicted molar refractivity (Wildman–Crippen MR) is 66.0 cm³/mol. The summed E-state index contributed by atoms with van der Waals surface area (Å²) in [6.07, 6.45) is 10.6. The first kappa shape index (κ1) is 9.66. The number of primary amides is 1. The van der Waals surface area contributed by atoms with Gasteiger partial charge in [0, 0.05) is 6.21 Å². The second-order valence-corrected chi connectivity index (χ2v) is 5.05. The molecular weight excluding hydrogens is 220 g/mol. The van der Waals surface area contributed by atoms with E-state index in [1.807, 2.05) is 23.6 Å². The Hall–Kier alpha value is -1.55. The van der Waals surface area contributed by atoms with Gasteiger partial charge in [0.05, 0.1) is 16.0 Å². The number of thioether (sulfide) groups is 1. The third-order valence-electron chi connectivity index (χ3n) is 3.03. The number of hydrogen-bond acceptors (Lipinski definition) is 3. The summed E-state index contributed by atoms with van der Waals surface area (Å²) in [6.45, 7) is 0. The Labute approximate surface area is 97.5 Å². The molecule has 1 spiro atoms. The molecule has 0 radical (unpaired) electrons. The molecule has 2 N–H and O–H groups in total. The van der Waals surface area contributed by atoms with Crippen LogP contribution in [0.1, 0.15) is 6.42 Å². The van der Waals surface area contributed by atoms with Gasteiger partial charge in [0.1, 0.15) is 0 Å². The summed E-state index contributed by atoms with van der Waals surface area (Å²) in [5.74, 6) is -0.361. The van der Waals surface area contributed by atoms with Gasteiger partial charge < -0.3 is 5.73 Å². The number of aliphatic imine (C=N–C) groups is 1. The number of carbonyl (C=O) groups is 1. The summed E-state index contributed by atoms with van der Waals surface area (Å²) in [4.78, 5) is 15.7. The van der Waals surface area contributed by atoms with E-state index >= 15 is 0 Å². The first-order valence-electron chi connectivity index (χ1n) is 5.04. The number of allylic oxidation sites excluding steroid dienone is 4. The van der Waals surface area contributed by atoms with Crippen LogP contribution in [-0.2, 0) is 4.79 Å². The lowest BCUT2D eigenvalue weighted by atomic mass is 9.83. The number of hydrogen-bond donors (Lipinski definition) is 1. The van der Waals surface area contributed by atoms with Crippen molar-refractivity contribution in [3.05, 3.63) is 46.6 Å². The lowest BCUT2D eigenvalue weighted by molar-refractivity contribution is -0.114. The monoisotopic (exact) mass is 230 g/mol. The fourth-order valence-electron chi connectivity index (χ4n) is 2.25. The van der Waals surface area contributed by atoms with Crippen molar-refractivity contribution in [2.75, 3.05) is 0 Å². The Kier molecular flexibility index (Phi) is 1.94. The fourth-order valence-corrected chi connectivity index (χ4v) is 3.55. The smallest absolute Gasteiger partial charge is 0.249 e. The second-order valence-electron chi connectivity index (χ2n) is 3.88. The maximum absolute atomic E-state index is 11.3. The van der Waals surface area contributed by atoms with Gasteiger partial charge in [0.15, 0.2) is 0 Å². The van der Waals surface area contributed by atoms with Gasteiger partial charge in [-0.15, -0.1) is 11.8 Å². The molecule has 1 unspecified atom stereocenters. The average molecular weight is 230 g/mol. The first-order chi connectivity index (χ1) is 7.74. The molecule has 0 aromatic rings. The van der Waals surface area contributed by atoms with E-state index in [-0.39, 0.29) is 10.7 Å². The minimum Gasteiger partial charge on any atom is -0.366 e. The molecule has 1 atom stereocenters. The number of rotatable bonds is 1.